The summed E-state index contributed by atoms with van der Waals surface area (Å²) in [5, 5.41) is 4.95. The van der Waals surface area contributed by atoms with Gasteiger partial charge < -0.3 is 9.47 Å². The van der Waals surface area contributed by atoms with Gasteiger partial charge in [0.05, 0.1) is 0 Å². The summed E-state index contributed by atoms with van der Waals surface area (Å²) in [6.07, 6.45) is 0. The molecule has 0 aliphatic heterocycles. The lowest BCUT2D eigenvalue weighted by atomic mass is 9.95. The van der Waals surface area contributed by atoms with Gasteiger partial charge in [0, 0.05) is 6.92 Å². The molecule has 0 fully saturated rings. The number of esters is 1. The lowest BCUT2D eigenvalue weighted by Crippen LogP contribution is -2.09. The molecule has 0 unspecified atom stereocenters. The smallest absolute Gasteiger partial charge is 0.302 e. The molecule has 4 aromatic rings. The highest BCUT2D eigenvalue weighted by Crippen LogP contribution is 2.32. The predicted octanol–water partition coefficient (Wildman–Crippen LogP) is 5.60. The molecule has 0 saturated carbocycles. The topological polar surface area (TPSA) is 35.5 Å². The van der Waals surface area contributed by atoms with E-state index in [4.69, 9.17) is 9.47 Å². The van der Waals surface area contributed by atoms with E-state index < -0.39 is 0 Å². The van der Waals surface area contributed by atoms with Crippen molar-refractivity contribution in [3.05, 3.63) is 78.9 Å². The van der Waals surface area contributed by atoms with Crippen LogP contribution in [0.2, 0.25) is 0 Å². The van der Waals surface area contributed by atoms with Gasteiger partial charge >= 0.3 is 5.97 Å². The Bertz CT molecular complexity index is 1100. The first-order valence-electron chi connectivity index (χ1n) is 8.99. The van der Waals surface area contributed by atoms with Gasteiger partial charge in [0.15, 0.2) is 0 Å². The molecule has 4 aromatic carbocycles. The van der Waals surface area contributed by atoms with Gasteiger partial charge in [-0.2, -0.15) is 0 Å². The second-order valence-corrected chi connectivity index (χ2v) is 6.44. The largest absolute Gasteiger partial charge is 0.490 e. The SMILES string of the molecule is CC(=O)OCCOc1ccc(-c2cccc3cc4ccccc4cc23)cc1. The van der Waals surface area contributed by atoms with Gasteiger partial charge in [0.1, 0.15) is 19.0 Å². The Hall–Kier alpha value is -3.33. The van der Waals surface area contributed by atoms with Gasteiger partial charge in [-0.3, -0.25) is 4.79 Å². The number of hydrogen-bond acceptors (Lipinski definition) is 3. The molecule has 0 aromatic heterocycles. The molecule has 3 heteroatoms. The van der Waals surface area contributed by atoms with Crippen LogP contribution in [-0.2, 0) is 9.53 Å². The van der Waals surface area contributed by atoms with Crippen molar-refractivity contribution in [1.82, 2.24) is 0 Å². The minimum absolute atomic E-state index is 0.257. The molecule has 3 nitrogen and oxygen atoms in total. The van der Waals surface area contributed by atoms with Crippen LogP contribution in [0.15, 0.2) is 78.9 Å². The highest BCUT2D eigenvalue weighted by atomic mass is 16.6. The van der Waals surface area contributed by atoms with Crippen LogP contribution in [0.1, 0.15) is 6.92 Å². The minimum Gasteiger partial charge on any atom is -0.490 e. The molecule has 0 aliphatic rings. The van der Waals surface area contributed by atoms with Crippen LogP contribution in [0.5, 0.6) is 5.75 Å². The van der Waals surface area contributed by atoms with Crippen LogP contribution in [0.3, 0.4) is 0 Å². The first-order valence-corrected chi connectivity index (χ1v) is 8.99. The molecule has 4 rings (SSSR count). The van der Waals surface area contributed by atoms with Crippen molar-refractivity contribution in [3.63, 3.8) is 0 Å². The van der Waals surface area contributed by atoms with Crippen LogP contribution in [0, 0.1) is 0 Å². The summed E-state index contributed by atoms with van der Waals surface area (Å²) in [4.78, 5) is 10.8. The monoisotopic (exact) mass is 356 g/mol. The van der Waals surface area contributed by atoms with Gasteiger partial charge in [-0.1, -0.05) is 54.6 Å². The van der Waals surface area contributed by atoms with Crippen molar-refractivity contribution in [3.8, 4) is 16.9 Å². The van der Waals surface area contributed by atoms with Gasteiger partial charge in [-0.15, -0.1) is 0 Å². The summed E-state index contributed by atoms with van der Waals surface area (Å²) in [6, 6.07) is 27.3. The van der Waals surface area contributed by atoms with E-state index in [2.05, 4.69) is 66.7 Å². The maximum Gasteiger partial charge on any atom is 0.302 e. The zero-order valence-electron chi connectivity index (χ0n) is 15.1. The molecule has 0 N–H and O–H groups in total. The Morgan fingerprint density at radius 3 is 2.22 bits per heavy atom. The van der Waals surface area contributed by atoms with Crippen LogP contribution >= 0.6 is 0 Å². The van der Waals surface area contributed by atoms with E-state index in [1.807, 2.05) is 12.1 Å². The van der Waals surface area contributed by atoms with E-state index in [1.165, 1.54) is 34.0 Å². The lowest BCUT2D eigenvalue weighted by molar-refractivity contribution is -0.141. The Morgan fingerprint density at radius 1 is 0.778 bits per heavy atom. The third-order valence-corrected chi connectivity index (χ3v) is 4.57. The molecule has 0 heterocycles. The first kappa shape index (κ1) is 17.1. The maximum absolute atomic E-state index is 10.8. The van der Waals surface area contributed by atoms with Crippen molar-refractivity contribution in [1.29, 1.82) is 0 Å². The van der Waals surface area contributed by atoms with E-state index in [9.17, 15) is 4.79 Å². The second-order valence-electron chi connectivity index (χ2n) is 6.44. The van der Waals surface area contributed by atoms with Crippen LogP contribution < -0.4 is 4.74 Å². The fourth-order valence-corrected chi connectivity index (χ4v) is 3.29. The third kappa shape index (κ3) is 3.77. The number of hydrogen-bond donors (Lipinski definition) is 0. The summed E-state index contributed by atoms with van der Waals surface area (Å²) in [5.74, 6) is 0.467. The lowest BCUT2D eigenvalue weighted by Gasteiger charge is -2.10. The summed E-state index contributed by atoms with van der Waals surface area (Å²) >= 11 is 0. The predicted molar refractivity (Wildman–Crippen MR) is 109 cm³/mol. The summed E-state index contributed by atoms with van der Waals surface area (Å²) in [6.45, 7) is 1.99. The zero-order chi connectivity index (χ0) is 18.6. The van der Waals surface area contributed by atoms with Crippen molar-refractivity contribution in [2.45, 2.75) is 6.92 Å². The molecular weight excluding hydrogens is 336 g/mol. The van der Waals surface area contributed by atoms with Crippen molar-refractivity contribution in [2.75, 3.05) is 13.2 Å². The highest BCUT2D eigenvalue weighted by Gasteiger charge is 2.06. The summed E-state index contributed by atoms with van der Waals surface area (Å²) in [5.41, 5.74) is 2.34. The number of benzene rings is 4. The fraction of sp³-hybridized carbons (Fsp3) is 0.125. The summed E-state index contributed by atoms with van der Waals surface area (Å²) in [7, 11) is 0. The van der Waals surface area contributed by atoms with Gasteiger partial charge in [-0.25, -0.2) is 0 Å². The number of rotatable bonds is 5. The zero-order valence-corrected chi connectivity index (χ0v) is 15.1. The standard InChI is InChI=1S/C24H20O3/c1-17(25)26-13-14-27-22-11-9-18(10-12-22)23-8-4-7-21-15-19-5-2-3-6-20(19)16-24(21)23/h2-12,15-16H,13-14H2,1H3. The Labute approximate surface area is 158 Å². The van der Waals surface area contributed by atoms with Gasteiger partial charge in [0.25, 0.3) is 0 Å². The fourth-order valence-electron chi connectivity index (χ4n) is 3.29. The average molecular weight is 356 g/mol. The van der Waals surface area contributed by atoms with E-state index in [-0.39, 0.29) is 12.6 Å². The molecule has 0 radical (unpaired) electrons. The van der Waals surface area contributed by atoms with E-state index in [0.717, 1.165) is 11.3 Å². The molecular formula is C24H20O3. The normalized spacial score (nSPS) is 10.9. The molecule has 0 saturated heterocycles. The molecule has 0 spiro atoms. The molecule has 27 heavy (non-hydrogen) atoms. The van der Waals surface area contributed by atoms with Gasteiger partial charge in [0.2, 0.25) is 0 Å². The Kier molecular flexibility index (Phi) is 4.75. The van der Waals surface area contributed by atoms with Gasteiger partial charge in [-0.05, 0) is 56.9 Å². The number of carbonyl (C=O) groups excluding carboxylic acids is 1. The first-order chi connectivity index (χ1) is 13.2. The Balaban J connectivity index is 1.62. The number of fused-ring (bicyclic) bond motifs is 2. The van der Waals surface area contributed by atoms with Crippen LogP contribution in [-0.4, -0.2) is 19.2 Å². The molecule has 0 atom stereocenters. The molecule has 0 amide bonds. The molecule has 0 bridgehead atoms. The maximum atomic E-state index is 10.8. The average Bonchev–Trinajstić information content (AvgIpc) is 2.69. The minimum atomic E-state index is -0.294. The second kappa shape index (κ2) is 7.50. The van der Waals surface area contributed by atoms with Crippen LogP contribution in [0.25, 0.3) is 32.7 Å². The number of carbonyl (C=O) groups is 1. The third-order valence-electron chi connectivity index (χ3n) is 4.57. The molecule has 134 valence electrons. The summed E-state index contributed by atoms with van der Waals surface area (Å²) < 4.78 is 10.5. The van der Waals surface area contributed by atoms with E-state index in [1.54, 1.807) is 0 Å². The van der Waals surface area contributed by atoms with Crippen molar-refractivity contribution < 1.29 is 14.3 Å². The highest BCUT2D eigenvalue weighted by molar-refractivity contribution is 6.04. The number of ether oxygens (including phenoxy) is 2. The quantitative estimate of drug-likeness (QED) is 0.265. The van der Waals surface area contributed by atoms with Crippen molar-refractivity contribution in [2.24, 2.45) is 0 Å². The molecule has 0 aliphatic carbocycles. The van der Waals surface area contributed by atoms with Crippen molar-refractivity contribution >= 4 is 27.5 Å². The van der Waals surface area contributed by atoms with Crippen LogP contribution in [0.4, 0.5) is 0 Å². The van der Waals surface area contributed by atoms with E-state index in [0.29, 0.717) is 6.61 Å². The van der Waals surface area contributed by atoms with E-state index >= 15 is 0 Å². The Morgan fingerprint density at radius 2 is 1.48 bits per heavy atom.